The Morgan fingerprint density at radius 3 is 2.58 bits per heavy atom. The minimum atomic E-state index is -0.179. The van der Waals surface area contributed by atoms with E-state index in [4.69, 9.17) is 13.9 Å². The summed E-state index contributed by atoms with van der Waals surface area (Å²) in [6.07, 6.45) is 3.21. The molecule has 0 N–H and O–H groups in total. The maximum atomic E-state index is 12.5. The third-order valence-electron chi connectivity index (χ3n) is 3.92. The van der Waals surface area contributed by atoms with Crippen molar-refractivity contribution >= 4 is 22.8 Å². The smallest absolute Gasteiger partial charge is 0.221 e. The molecular weight excluding hydrogens is 304 g/mol. The molecule has 0 saturated heterocycles. The molecule has 122 valence electrons. The largest absolute Gasteiger partial charge is 0.497 e. The second-order valence-electron chi connectivity index (χ2n) is 5.36. The van der Waals surface area contributed by atoms with Gasteiger partial charge in [0.05, 0.1) is 14.2 Å². The molecule has 0 saturated carbocycles. The van der Waals surface area contributed by atoms with Crippen molar-refractivity contribution < 1.29 is 18.7 Å². The highest BCUT2D eigenvalue weighted by atomic mass is 16.5. The Balaban J connectivity index is 1.91. The predicted octanol–water partition coefficient (Wildman–Crippen LogP) is 4.65. The molecule has 0 radical (unpaired) electrons. The molecule has 0 unspecified atom stereocenters. The van der Waals surface area contributed by atoms with E-state index in [0.29, 0.717) is 22.8 Å². The van der Waals surface area contributed by atoms with Crippen LogP contribution in [0.25, 0.3) is 17.0 Å². The normalized spacial score (nSPS) is 11.1. The van der Waals surface area contributed by atoms with Gasteiger partial charge in [-0.2, -0.15) is 0 Å². The number of para-hydroxylation sites is 1. The summed E-state index contributed by atoms with van der Waals surface area (Å²) < 4.78 is 16.2. The molecule has 1 aromatic heterocycles. The van der Waals surface area contributed by atoms with E-state index in [-0.39, 0.29) is 5.78 Å². The number of fused-ring (bicyclic) bond motifs is 1. The number of rotatable bonds is 5. The average molecular weight is 322 g/mol. The fourth-order valence-corrected chi connectivity index (χ4v) is 2.61. The van der Waals surface area contributed by atoms with Crippen molar-refractivity contribution in [1.29, 1.82) is 0 Å². The van der Waals surface area contributed by atoms with Crippen LogP contribution in [0.2, 0.25) is 0 Å². The fraction of sp³-hybridized carbons (Fsp3) is 0.150. The number of hydrogen-bond acceptors (Lipinski definition) is 4. The zero-order chi connectivity index (χ0) is 17.1. The number of carbonyl (C=O) groups is 1. The van der Waals surface area contributed by atoms with Gasteiger partial charge in [0.2, 0.25) is 5.78 Å². The Labute approximate surface area is 140 Å². The van der Waals surface area contributed by atoms with Crippen LogP contribution < -0.4 is 9.47 Å². The maximum Gasteiger partial charge on any atom is 0.221 e. The van der Waals surface area contributed by atoms with Gasteiger partial charge in [0.25, 0.3) is 0 Å². The molecule has 0 atom stereocenters. The second kappa shape index (κ2) is 6.62. The lowest BCUT2D eigenvalue weighted by molar-refractivity contribution is 0.102. The number of allylic oxidation sites excluding steroid dienone is 1. The molecule has 24 heavy (non-hydrogen) atoms. The highest BCUT2D eigenvalue weighted by Crippen LogP contribution is 2.27. The Morgan fingerprint density at radius 1 is 1.08 bits per heavy atom. The van der Waals surface area contributed by atoms with Gasteiger partial charge in [0.1, 0.15) is 17.1 Å². The molecule has 0 fully saturated rings. The van der Waals surface area contributed by atoms with E-state index in [1.807, 2.05) is 43.3 Å². The van der Waals surface area contributed by atoms with Crippen LogP contribution in [-0.2, 0) is 0 Å². The van der Waals surface area contributed by atoms with Crippen LogP contribution in [0.3, 0.4) is 0 Å². The van der Waals surface area contributed by atoms with E-state index < -0.39 is 0 Å². The summed E-state index contributed by atoms with van der Waals surface area (Å²) in [6.45, 7) is 1.89. The van der Waals surface area contributed by atoms with Crippen LogP contribution in [0.1, 0.15) is 21.7 Å². The van der Waals surface area contributed by atoms with Gasteiger partial charge >= 0.3 is 0 Å². The third-order valence-corrected chi connectivity index (χ3v) is 3.92. The number of carbonyl (C=O) groups excluding carboxylic acids is 1. The first-order valence-electron chi connectivity index (χ1n) is 7.56. The first-order valence-corrected chi connectivity index (χ1v) is 7.56. The Kier molecular flexibility index (Phi) is 4.38. The Bertz CT molecular complexity index is 919. The molecular formula is C20H18O4. The minimum absolute atomic E-state index is 0.179. The summed E-state index contributed by atoms with van der Waals surface area (Å²) in [5, 5.41) is 0.955. The van der Waals surface area contributed by atoms with Crippen molar-refractivity contribution in [3.8, 4) is 11.5 Å². The number of benzene rings is 2. The topological polar surface area (TPSA) is 48.7 Å². The van der Waals surface area contributed by atoms with Crippen LogP contribution >= 0.6 is 0 Å². The fourth-order valence-electron chi connectivity index (χ4n) is 2.61. The number of methoxy groups -OCH3 is 2. The standard InChI is InChI=1S/C20H18O4/c1-13-16-6-4-5-7-18(16)24-20(13)17(21)11-9-14-8-10-15(22-2)12-19(14)23-3/h4-12H,1-3H3/b11-9+. The highest BCUT2D eigenvalue weighted by molar-refractivity contribution is 6.08. The monoisotopic (exact) mass is 322 g/mol. The SMILES string of the molecule is COc1ccc(/C=C/C(=O)c2oc3ccccc3c2C)c(OC)c1. The average Bonchev–Trinajstić information content (AvgIpc) is 2.96. The molecule has 0 spiro atoms. The number of aryl methyl sites for hydroxylation is 1. The lowest BCUT2D eigenvalue weighted by atomic mass is 10.1. The summed E-state index contributed by atoms with van der Waals surface area (Å²) in [4.78, 5) is 12.5. The quantitative estimate of drug-likeness (QED) is 0.506. The van der Waals surface area contributed by atoms with Crippen molar-refractivity contribution in [1.82, 2.24) is 0 Å². The number of ketones is 1. The summed E-state index contributed by atoms with van der Waals surface area (Å²) in [5.41, 5.74) is 2.36. The van der Waals surface area contributed by atoms with Crippen LogP contribution in [0.4, 0.5) is 0 Å². The van der Waals surface area contributed by atoms with Crippen LogP contribution in [0.15, 0.2) is 53.0 Å². The van der Waals surface area contributed by atoms with Crippen molar-refractivity contribution in [2.75, 3.05) is 14.2 Å². The molecule has 0 bridgehead atoms. The second-order valence-corrected chi connectivity index (χ2v) is 5.36. The van der Waals surface area contributed by atoms with Gasteiger partial charge in [0, 0.05) is 22.6 Å². The highest BCUT2D eigenvalue weighted by Gasteiger charge is 2.15. The van der Waals surface area contributed by atoms with E-state index in [1.165, 1.54) is 6.08 Å². The molecule has 3 rings (SSSR count). The van der Waals surface area contributed by atoms with Gasteiger partial charge in [0.15, 0.2) is 5.76 Å². The van der Waals surface area contributed by atoms with E-state index in [2.05, 4.69) is 0 Å². The third kappa shape index (κ3) is 2.91. The van der Waals surface area contributed by atoms with Crippen molar-refractivity contribution in [3.05, 3.63) is 65.4 Å². The van der Waals surface area contributed by atoms with Gasteiger partial charge in [-0.1, -0.05) is 18.2 Å². The minimum Gasteiger partial charge on any atom is -0.497 e. The molecule has 3 aromatic rings. The van der Waals surface area contributed by atoms with Crippen LogP contribution in [0.5, 0.6) is 11.5 Å². The molecule has 4 heteroatoms. The zero-order valence-electron chi connectivity index (χ0n) is 13.8. The molecule has 1 heterocycles. The Morgan fingerprint density at radius 2 is 1.88 bits per heavy atom. The van der Waals surface area contributed by atoms with Crippen molar-refractivity contribution in [2.45, 2.75) is 6.92 Å². The van der Waals surface area contributed by atoms with Gasteiger partial charge in [-0.25, -0.2) is 0 Å². The van der Waals surface area contributed by atoms with Gasteiger partial charge in [-0.3, -0.25) is 4.79 Å². The molecule has 2 aromatic carbocycles. The van der Waals surface area contributed by atoms with Gasteiger partial charge in [-0.05, 0) is 37.3 Å². The number of ether oxygens (including phenoxy) is 2. The van der Waals surface area contributed by atoms with Crippen molar-refractivity contribution in [2.24, 2.45) is 0 Å². The first-order chi connectivity index (χ1) is 11.6. The summed E-state index contributed by atoms with van der Waals surface area (Å²) in [5.74, 6) is 1.52. The lowest BCUT2D eigenvalue weighted by Gasteiger charge is -2.07. The lowest BCUT2D eigenvalue weighted by Crippen LogP contribution is -1.95. The van der Waals surface area contributed by atoms with E-state index >= 15 is 0 Å². The summed E-state index contributed by atoms with van der Waals surface area (Å²) in [7, 11) is 3.18. The molecule has 4 nitrogen and oxygen atoms in total. The molecule has 0 amide bonds. The van der Waals surface area contributed by atoms with Gasteiger partial charge < -0.3 is 13.9 Å². The predicted molar refractivity (Wildman–Crippen MR) is 93.9 cm³/mol. The summed E-state index contributed by atoms with van der Waals surface area (Å²) in [6, 6.07) is 13.0. The first kappa shape index (κ1) is 15.9. The van der Waals surface area contributed by atoms with Crippen LogP contribution in [-0.4, -0.2) is 20.0 Å². The maximum absolute atomic E-state index is 12.5. The van der Waals surface area contributed by atoms with Crippen LogP contribution in [0, 0.1) is 6.92 Å². The van der Waals surface area contributed by atoms with Gasteiger partial charge in [-0.15, -0.1) is 0 Å². The molecule has 0 aliphatic rings. The summed E-state index contributed by atoms with van der Waals surface area (Å²) >= 11 is 0. The molecule has 0 aliphatic heterocycles. The van der Waals surface area contributed by atoms with E-state index in [1.54, 1.807) is 26.4 Å². The Hall–Kier alpha value is -3.01. The van der Waals surface area contributed by atoms with Crippen molar-refractivity contribution in [3.63, 3.8) is 0 Å². The van der Waals surface area contributed by atoms with E-state index in [0.717, 1.165) is 16.5 Å². The number of hydrogen-bond donors (Lipinski definition) is 0. The molecule has 0 aliphatic carbocycles. The number of furan rings is 1. The zero-order valence-corrected chi connectivity index (χ0v) is 13.8. The van der Waals surface area contributed by atoms with E-state index in [9.17, 15) is 4.79 Å².